The molecule has 0 fully saturated rings. The van der Waals surface area contributed by atoms with E-state index in [1.165, 1.54) is 7.11 Å². The SMILES string of the molecule is COc1nc(C)c(C(=O)O)c(-c2cccc(Cl)c2Cl)n1. The van der Waals surface area contributed by atoms with Crippen LogP contribution in [0.5, 0.6) is 6.01 Å². The van der Waals surface area contributed by atoms with Crippen molar-refractivity contribution in [1.29, 1.82) is 0 Å². The van der Waals surface area contributed by atoms with Crippen LogP contribution in [-0.4, -0.2) is 28.2 Å². The van der Waals surface area contributed by atoms with Crippen LogP contribution in [0.2, 0.25) is 10.0 Å². The summed E-state index contributed by atoms with van der Waals surface area (Å²) in [6.07, 6.45) is 0. The molecule has 0 unspecified atom stereocenters. The van der Waals surface area contributed by atoms with Crippen molar-refractivity contribution in [3.63, 3.8) is 0 Å². The Bertz CT molecular complexity index is 690. The highest BCUT2D eigenvalue weighted by molar-refractivity contribution is 6.43. The first-order valence-electron chi connectivity index (χ1n) is 5.56. The fourth-order valence-electron chi connectivity index (χ4n) is 1.78. The van der Waals surface area contributed by atoms with E-state index in [1.807, 2.05) is 0 Å². The van der Waals surface area contributed by atoms with Gasteiger partial charge in [0.2, 0.25) is 0 Å². The minimum absolute atomic E-state index is 0.0324. The van der Waals surface area contributed by atoms with E-state index in [9.17, 15) is 9.90 Å². The van der Waals surface area contributed by atoms with E-state index in [1.54, 1.807) is 25.1 Å². The van der Waals surface area contributed by atoms with Gasteiger partial charge in [0.25, 0.3) is 0 Å². The molecular formula is C13H10Cl2N2O3. The molecule has 1 heterocycles. The molecule has 0 saturated heterocycles. The maximum absolute atomic E-state index is 11.4. The van der Waals surface area contributed by atoms with Crippen molar-refractivity contribution in [2.24, 2.45) is 0 Å². The number of aromatic nitrogens is 2. The first kappa shape index (κ1) is 14.6. The first-order valence-corrected chi connectivity index (χ1v) is 6.31. The molecule has 0 radical (unpaired) electrons. The Kier molecular flexibility index (Phi) is 4.11. The van der Waals surface area contributed by atoms with Crippen molar-refractivity contribution in [1.82, 2.24) is 9.97 Å². The van der Waals surface area contributed by atoms with Crippen LogP contribution in [0.25, 0.3) is 11.3 Å². The zero-order valence-corrected chi connectivity index (χ0v) is 12.2. The van der Waals surface area contributed by atoms with E-state index in [4.69, 9.17) is 27.9 Å². The molecule has 1 aromatic carbocycles. The number of methoxy groups -OCH3 is 1. The number of nitrogens with zero attached hydrogens (tertiary/aromatic N) is 2. The third-order valence-electron chi connectivity index (χ3n) is 2.67. The van der Waals surface area contributed by atoms with Crippen LogP contribution in [0.15, 0.2) is 18.2 Å². The summed E-state index contributed by atoms with van der Waals surface area (Å²) < 4.78 is 4.97. The van der Waals surface area contributed by atoms with Crippen LogP contribution < -0.4 is 4.74 Å². The number of hydrogen-bond acceptors (Lipinski definition) is 4. The Hall–Kier alpha value is -1.85. The van der Waals surface area contributed by atoms with Crippen molar-refractivity contribution in [3.8, 4) is 17.3 Å². The van der Waals surface area contributed by atoms with E-state index < -0.39 is 5.97 Å². The fourth-order valence-corrected chi connectivity index (χ4v) is 2.17. The number of halogens is 2. The first-order chi connectivity index (χ1) is 9.45. The van der Waals surface area contributed by atoms with Gasteiger partial charge in [0.1, 0.15) is 5.56 Å². The van der Waals surface area contributed by atoms with Crippen LogP contribution in [0.4, 0.5) is 0 Å². The summed E-state index contributed by atoms with van der Waals surface area (Å²) in [5.41, 5.74) is 0.847. The Morgan fingerprint density at radius 1 is 1.30 bits per heavy atom. The molecule has 0 aliphatic rings. The van der Waals surface area contributed by atoms with Crippen molar-refractivity contribution in [3.05, 3.63) is 39.5 Å². The number of benzene rings is 1. The molecule has 7 heteroatoms. The molecule has 0 saturated carbocycles. The topological polar surface area (TPSA) is 72.3 Å². The third kappa shape index (κ3) is 2.55. The van der Waals surface area contributed by atoms with E-state index in [-0.39, 0.29) is 28.0 Å². The average Bonchev–Trinajstić information content (AvgIpc) is 2.40. The number of carboxylic acid groups (broad SMARTS) is 1. The Labute approximate surface area is 125 Å². The molecule has 5 nitrogen and oxygen atoms in total. The summed E-state index contributed by atoms with van der Waals surface area (Å²) >= 11 is 12.1. The molecule has 2 aromatic rings. The van der Waals surface area contributed by atoms with Crippen molar-refractivity contribution < 1.29 is 14.6 Å². The van der Waals surface area contributed by atoms with E-state index in [2.05, 4.69) is 9.97 Å². The van der Waals surface area contributed by atoms with Crippen molar-refractivity contribution >= 4 is 29.2 Å². The number of carbonyl (C=O) groups is 1. The maximum atomic E-state index is 11.4. The predicted octanol–water partition coefficient (Wildman–Crippen LogP) is 3.47. The van der Waals surface area contributed by atoms with Crippen LogP contribution >= 0.6 is 23.2 Å². The van der Waals surface area contributed by atoms with Gasteiger partial charge in [0, 0.05) is 5.56 Å². The number of hydrogen-bond donors (Lipinski definition) is 1. The quantitative estimate of drug-likeness (QED) is 0.939. The smallest absolute Gasteiger partial charge is 0.339 e. The largest absolute Gasteiger partial charge is 0.478 e. The average molecular weight is 313 g/mol. The van der Waals surface area contributed by atoms with Gasteiger partial charge in [-0.15, -0.1) is 0 Å². The summed E-state index contributed by atoms with van der Waals surface area (Å²) in [5, 5.41) is 9.88. The van der Waals surface area contributed by atoms with Crippen molar-refractivity contribution in [2.45, 2.75) is 6.92 Å². The number of carboxylic acids is 1. The molecule has 0 aliphatic carbocycles. The highest BCUT2D eigenvalue weighted by Gasteiger charge is 2.21. The normalized spacial score (nSPS) is 10.4. The molecule has 0 spiro atoms. The molecule has 1 N–H and O–H groups in total. The molecular weight excluding hydrogens is 303 g/mol. The van der Waals surface area contributed by atoms with E-state index in [0.717, 1.165) is 0 Å². The predicted molar refractivity (Wildman–Crippen MR) is 75.7 cm³/mol. The lowest BCUT2D eigenvalue weighted by atomic mass is 10.0. The molecule has 2 rings (SSSR count). The monoisotopic (exact) mass is 312 g/mol. The number of ether oxygens (including phenoxy) is 1. The number of aryl methyl sites for hydroxylation is 1. The lowest BCUT2D eigenvalue weighted by molar-refractivity contribution is 0.0696. The number of aromatic carboxylic acids is 1. The number of rotatable bonds is 3. The summed E-state index contributed by atoms with van der Waals surface area (Å²) in [4.78, 5) is 19.5. The van der Waals surface area contributed by atoms with Gasteiger partial charge in [-0.05, 0) is 13.0 Å². The van der Waals surface area contributed by atoms with Gasteiger partial charge in [0.05, 0.1) is 28.5 Å². The second-order valence-electron chi connectivity index (χ2n) is 3.93. The van der Waals surface area contributed by atoms with Crippen LogP contribution in [0, 0.1) is 6.92 Å². The molecule has 0 atom stereocenters. The zero-order chi connectivity index (χ0) is 14.9. The van der Waals surface area contributed by atoms with Gasteiger partial charge in [-0.3, -0.25) is 0 Å². The standard InChI is InChI=1S/C13H10Cl2N2O3/c1-6-9(12(18)19)11(17-13(16-6)20-2)7-4-3-5-8(14)10(7)15/h3-5H,1-2H3,(H,18,19). The maximum Gasteiger partial charge on any atom is 0.339 e. The lowest BCUT2D eigenvalue weighted by Crippen LogP contribution is -2.08. The molecule has 0 aliphatic heterocycles. The summed E-state index contributed by atoms with van der Waals surface area (Å²) in [7, 11) is 1.40. The fraction of sp³-hybridized carbons (Fsp3) is 0.154. The molecule has 20 heavy (non-hydrogen) atoms. The summed E-state index contributed by atoms with van der Waals surface area (Å²) in [6, 6.07) is 4.98. The second-order valence-corrected chi connectivity index (χ2v) is 4.71. The van der Waals surface area contributed by atoms with E-state index in [0.29, 0.717) is 10.6 Å². The Morgan fingerprint density at radius 2 is 2.00 bits per heavy atom. The molecule has 0 bridgehead atoms. The van der Waals surface area contributed by atoms with Crippen LogP contribution in [0.1, 0.15) is 16.1 Å². The van der Waals surface area contributed by atoms with Gasteiger partial charge >= 0.3 is 12.0 Å². The second kappa shape index (κ2) is 5.64. The highest BCUT2D eigenvalue weighted by atomic mass is 35.5. The highest BCUT2D eigenvalue weighted by Crippen LogP contribution is 2.35. The van der Waals surface area contributed by atoms with Gasteiger partial charge in [0.15, 0.2) is 0 Å². The molecule has 1 aromatic heterocycles. The van der Waals surface area contributed by atoms with Crippen LogP contribution in [-0.2, 0) is 0 Å². The minimum atomic E-state index is -1.14. The van der Waals surface area contributed by atoms with Gasteiger partial charge in [-0.2, -0.15) is 9.97 Å². The van der Waals surface area contributed by atoms with E-state index >= 15 is 0 Å². The Balaban J connectivity index is 2.80. The third-order valence-corrected chi connectivity index (χ3v) is 3.49. The molecule has 104 valence electrons. The molecule has 0 amide bonds. The zero-order valence-electron chi connectivity index (χ0n) is 10.6. The summed E-state index contributed by atoms with van der Waals surface area (Å²) in [5.74, 6) is -1.14. The Morgan fingerprint density at radius 3 is 2.60 bits per heavy atom. The lowest BCUT2D eigenvalue weighted by Gasteiger charge is -2.11. The van der Waals surface area contributed by atoms with Gasteiger partial charge < -0.3 is 9.84 Å². The minimum Gasteiger partial charge on any atom is -0.478 e. The summed E-state index contributed by atoms with van der Waals surface area (Å²) in [6.45, 7) is 1.57. The van der Waals surface area contributed by atoms with Gasteiger partial charge in [-0.1, -0.05) is 35.3 Å². The van der Waals surface area contributed by atoms with Crippen molar-refractivity contribution in [2.75, 3.05) is 7.11 Å². The van der Waals surface area contributed by atoms with Gasteiger partial charge in [-0.25, -0.2) is 4.79 Å². The van der Waals surface area contributed by atoms with Crippen LogP contribution in [0.3, 0.4) is 0 Å².